The maximum Gasteiger partial charge on any atom is 0.181 e. The Labute approximate surface area is 156 Å². The molecule has 5 aromatic rings. The van der Waals surface area contributed by atoms with Crippen molar-refractivity contribution < 1.29 is 0 Å². The van der Waals surface area contributed by atoms with E-state index in [0.717, 1.165) is 36.5 Å². The standard InChI is InChI=1S/C12H8N2.C7H5BrN2S/c1-3-9-5-6-11-10(4-2-7-13-11)12(9)14-8-1;8-4-2-1-3-5-6(4)10-7(9)11-5/h1-8H;1-3H,(H2,9,10). The fourth-order valence-electron chi connectivity index (χ4n) is 2.63. The second kappa shape index (κ2) is 6.74. The van der Waals surface area contributed by atoms with E-state index >= 15 is 0 Å². The van der Waals surface area contributed by atoms with Crippen molar-refractivity contribution in [1.29, 1.82) is 0 Å². The molecule has 6 heteroatoms. The summed E-state index contributed by atoms with van der Waals surface area (Å²) in [5.41, 5.74) is 8.52. The van der Waals surface area contributed by atoms with Crippen molar-refractivity contribution in [2.75, 3.05) is 5.73 Å². The number of rotatable bonds is 0. The largest absolute Gasteiger partial charge is 0.375 e. The van der Waals surface area contributed by atoms with Gasteiger partial charge in [-0.05, 0) is 52.3 Å². The summed E-state index contributed by atoms with van der Waals surface area (Å²) in [6.45, 7) is 0. The first kappa shape index (κ1) is 15.9. The Hall–Kier alpha value is -2.57. The molecule has 0 atom stereocenters. The molecule has 0 saturated heterocycles. The summed E-state index contributed by atoms with van der Waals surface area (Å²) in [6.07, 6.45) is 3.62. The molecule has 5 rings (SSSR count). The minimum atomic E-state index is 0.618. The Morgan fingerprint density at radius 3 is 2.56 bits per heavy atom. The zero-order chi connectivity index (χ0) is 17.2. The molecule has 25 heavy (non-hydrogen) atoms. The number of nitrogen functional groups attached to an aromatic ring is 1. The van der Waals surface area contributed by atoms with Crippen LogP contribution in [0.4, 0.5) is 5.13 Å². The molecule has 122 valence electrons. The Kier molecular flexibility index (Phi) is 4.29. The molecule has 0 fully saturated rings. The molecule has 0 radical (unpaired) electrons. The number of halogens is 1. The van der Waals surface area contributed by atoms with Gasteiger partial charge in [0.05, 0.1) is 21.3 Å². The Balaban J connectivity index is 0.000000129. The summed E-state index contributed by atoms with van der Waals surface area (Å²) in [5.74, 6) is 0. The lowest BCUT2D eigenvalue weighted by Crippen LogP contribution is -1.82. The predicted molar refractivity (Wildman–Crippen MR) is 109 cm³/mol. The van der Waals surface area contributed by atoms with Crippen LogP contribution in [0.25, 0.3) is 32.0 Å². The molecule has 0 spiro atoms. The number of fused-ring (bicyclic) bond motifs is 4. The summed E-state index contributed by atoms with van der Waals surface area (Å²) in [4.78, 5) is 12.8. The van der Waals surface area contributed by atoms with E-state index in [1.165, 1.54) is 11.3 Å². The molecule has 0 aliphatic carbocycles. The van der Waals surface area contributed by atoms with E-state index in [0.29, 0.717) is 5.13 Å². The zero-order valence-corrected chi connectivity index (χ0v) is 15.5. The van der Waals surface area contributed by atoms with Crippen LogP contribution >= 0.6 is 27.3 Å². The van der Waals surface area contributed by atoms with E-state index in [1.54, 1.807) is 6.20 Å². The summed E-state index contributed by atoms with van der Waals surface area (Å²) in [6, 6.07) is 18.0. The van der Waals surface area contributed by atoms with Crippen LogP contribution in [0.1, 0.15) is 0 Å². The van der Waals surface area contributed by atoms with Gasteiger partial charge >= 0.3 is 0 Å². The molecule has 3 aromatic heterocycles. The molecular weight excluding hydrogens is 396 g/mol. The van der Waals surface area contributed by atoms with Gasteiger partial charge < -0.3 is 5.73 Å². The number of para-hydroxylation sites is 1. The lowest BCUT2D eigenvalue weighted by molar-refractivity contribution is 1.39. The Bertz CT molecular complexity index is 1130. The highest BCUT2D eigenvalue weighted by Gasteiger charge is 2.02. The van der Waals surface area contributed by atoms with E-state index in [4.69, 9.17) is 5.73 Å². The Morgan fingerprint density at radius 2 is 1.68 bits per heavy atom. The molecular formula is C19H13BrN4S. The van der Waals surface area contributed by atoms with Crippen LogP contribution in [-0.4, -0.2) is 15.0 Å². The highest BCUT2D eigenvalue weighted by Crippen LogP contribution is 2.28. The highest BCUT2D eigenvalue weighted by atomic mass is 79.9. The predicted octanol–water partition coefficient (Wildman–Crippen LogP) is 5.42. The fourth-order valence-corrected chi connectivity index (χ4v) is 3.98. The molecule has 4 nitrogen and oxygen atoms in total. The molecule has 0 saturated carbocycles. The van der Waals surface area contributed by atoms with E-state index in [-0.39, 0.29) is 0 Å². The highest BCUT2D eigenvalue weighted by molar-refractivity contribution is 9.10. The van der Waals surface area contributed by atoms with E-state index in [9.17, 15) is 0 Å². The maximum absolute atomic E-state index is 5.55. The van der Waals surface area contributed by atoms with Crippen molar-refractivity contribution in [3.8, 4) is 0 Å². The number of benzene rings is 2. The zero-order valence-electron chi connectivity index (χ0n) is 13.1. The van der Waals surface area contributed by atoms with E-state index in [2.05, 4.69) is 49.1 Å². The average molecular weight is 409 g/mol. The van der Waals surface area contributed by atoms with Gasteiger partial charge in [0.25, 0.3) is 0 Å². The molecule has 3 heterocycles. The third-order valence-corrected chi connectivity index (χ3v) is 5.23. The van der Waals surface area contributed by atoms with Crippen LogP contribution in [0.15, 0.2) is 71.5 Å². The van der Waals surface area contributed by atoms with Gasteiger partial charge in [-0.1, -0.05) is 29.5 Å². The Morgan fingerprint density at radius 1 is 0.840 bits per heavy atom. The number of nitrogens with two attached hydrogens (primary N) is 1. The van der Waals surface area contributed by atoms with Gasteiger partial charge in [0.1, 0.15) is 0 Å². The number of nitrogens with zero attached hydrogens (tertiary/aromatic N) is 3. The van der Waals surface area contributed by atoms with Gasteiger partial charge in [0.2, 0.25) is 0 Å². The second-order valence-electron chi connectivity index (χ2n) is 5.35. The van der Waals surface area contributed by atoms with Crippen molar-refractivity contribution >= 4 is 64.4 Å². The monoisotopic (exact) mass is 408 g/mol. The molecule has 0 aliphatic rings. The lowest BCUT2D eigenvalue weighted by Gasteiger charge is -2.00. The van der Waals surface area contributed by atoms with Gasteiger partial charge in [0, 0.05) is 27.6 Å². The normalized spacial score (nSPS) is 10.8. The molecule has 0 bridgehead atoms. The molecule has 2 aromatic carbocycles. The van der Waals surface area contributed by atoms with Crippen LogP contribution < -0.4 is 5.73 Å². The van der Waals surface area contributed by atoms with Crippen molar-refractivity contribution in [1.82, 2.24) is 15.0 Å². The van der Waals surface area contributed by atoms with Gasteiger partial charge in [-0.3, -0.25) is 9.97 Å². The molecule has 0 amide bonds. The topological polar surface area (TPSA) is 64.7 Å². The van der Waals surface area contributed by atoms with Crippen LogP contribution in [-0.2, 0) is 0 Å². The average Bonchev–Trinajstić information content (AvgIpc) is 3.04. The number of thiazole rings is 1. The van der Waals surface area contributed by atoms with Crippen molar-refractivity contribution in [2.24, 2.45) is 0 Å². The second-order valence-corrected chi connectivity index (χ2v) is 7.27. The summed E-state index contributed by atoms with van der Waals surface area (Å²) in [7, 11) is 0. The van der Waals surface area contributed by atoms with Gasteiger partial charge in [-0.15, -0.1) is 0 Å². The fraction of sp³-hybridized carbons (Fsp3) is 0. The van der Waals surface area contributed by atoms with Crippen LogP contribution in [0.5, 0.6) is 0 Å². The van der Waals surface area contributed by atoms with Crippen LogP contribution in [0.2, 0.25) is 0 Å². The maximum atomic E-state index is 5.55. The first-order chi connectivity index (χ1) is 12.2. The third kappa shape index (κ3) is 3.18. The molecule has 2 N–H and O–H groups in total. The lowest BCUT2D eigenvalue weighted by atomic mass is 10.1. The summed E-state index contributed by atoms with van der Waals surface area (Å²) < 4.78 is 2.12. The number of hydrogen-bond acceptors (Lipinski definition) is 5. The first-order valence-corrected chi connectivity index (χ1v) is 9.22. The van der Waals surface area contributed by atoms with E-state index in [1.807, 2.05) is 42.6 Å². The van der Waals surface area contributed by atoms with Crippen molar-refractivity contribution in [3.05, 3.63) is 71.5 Å². The van der Waals surface area contributed by atoms with Gasteiger partial charge in [-0.2, -0.15) is 0 Å². The minimum absolute atomic E-state index is 0.618. The minimum Gasteiger partial charge on any atom is -0.375 e. The first-order valence-electron chi connectivity index (χ1n) is 7.61. The number of aromatic nitrogens is 3. The van der Waals surface area contributed by atoms with E-state index < -0.39 is 0 Å². The van der Waals surface area contributed by atoms with Crippen molar-refractivity contribution in [3.63, 3.8) is 0 Å². The quantitative estimate of drug-likeness (QED) is 0.347. The SMILES string of the molecule is Nc1nc2c(Br)cccc2s1.c1cnc2c(c1)ccc1ncccc12. The van der Waals surface area contributed by atoms with Gasteiger partial charge in [0.15, 0.2) is 5.13 Å². The molecule has 0 unspecified atom stereocenters. The number of pyridine rings is 2. The summed E-state index contributed by atoms with van der Waals surface area (Å²) in [5, 5.41) is 2.89. The van der Waals surface area contributed by atoms with Crippen molar-refractivity contribution in [2.45, 2.75) is 0 Å². The van der Waals surface area contributed by atoms with Crippen LogP contribution in [0.3, 0.4) is 0 Å². The van der Waals surface area contributed by atoms with Crippen LogP contribution in [0, 0.1) is 0 Å². The van der Waals surface area contributed by atoms with Gasteiger partial charge in [-0.25, -0.2) is 4.98 Å². The number of hydrogen-bond donors (Lipinski definition) is 1. The molecule has 0 aliphatic heterocycles. The summed E-state index contributed by atoms with van der Waals surface area (Å²) >= 11 is 4.90. The third-order valence-electron chi connectivity index (χ3n) is 3.74. The number of anilines is 1. The smallest absolute Gasteiger partial charge is 0.181 e.